The Hall–Kier alpha value is -2.57. The minimum absolute atomic E-state index is 0.382. The average Bonchev–Trinajstić information content (AvgIpc) is 2.98. The standard InChI is InChI=1S/C16H23N5O2/c1-3-17-16(19-12-15-20-13(2)23-21-15)18-10-7-11-22-14-8-5-4-6-9-14/h4-6,8-9H,3,7,10-12H2,1-2H3,(H2,17,18,19). The van der Waals surface area contributed by atoms with E-state index in [1.165, 1.54) is 0 Å². The van der Waals surface area contributed by atoms with Gasteiger partial charge in [-0.05, 0) is 25.5 Å². The van der Waals surface area contributed by atoms with Crippen molar-refractivity contribution in [2.45, 2.75) is 26.8 Å². The van der Waals surface area contributed by atoms with E-state index in [2.05, 4.69) is 25.8 Å². The van der Waals surface area contributed by atoms with Crippen LogP contribution in [-0.4, -0.2) is 35.8 Å². The van der Waals surface area contributed by atoms with Gasteiger partial charge in [-0.3, -0.25) is 0 Å². The predicted octanol–water partition coefficient (Wildman–Crippen LogP) is 1.90. The molecule has 7 nitrogen and oxygen atoms in total. The molecule has 0 atom stereocenters. The number of hydrogen-bond acceptors (Lipinski definition) is 5. The van der Waals surface area contributed by atoms with Gasteiger partial charge >= 0.3 is 0 Å². The van der Waals surface area contributed by atoms with Gasteiger partial charge in [0.2, 0.25) is 5.89 Å². The lowest BCUT2D eigenvalue weighted by Crippen LogP contribution is -2.38. The maximum absolute atomic E-state index is 5.65. The summed E-state index contributed by atoms with van der Waals surface area (Å²) in [6.07, 6.45) is 0.876. The number of guanidine groups is 1. The zero-order chi connectivity index (χ0) is 16.3. The molecule has 0 aliphatic carbocycles. The Labute approximate surface area is 136 Å². The summed E-state index contributed by atoms with van der Waals surface area (Å²) in [7, 11) is 0. The van der Waals surface area contributed by atoms with Crippen molar-refractivity contribution in [2.24, 2.45) is 4.99 Å². The molecule has 7 heteroatoms. The average molecular weight is 317 g/mol. The largest absolute Gasteiger partial charge is 0.494 e. The molecule has 0 radical (unpaired) electrons. The van der Waals surface area contributed by atoms with Crippen LogP contribution in [0.25, 0.3) is 0 Å². The Morgan fingerprint density at radius 2 is 2.09 bits per heavy atom. The second kappa shape index (κ2) is 9.45. The molecular formula is C16H23N5O2. The molecule has 2 aromatic rings. The maximum atomic E-state index is 5.65. The zero-order valence-electron chi connectivity index (χ0n) is 13.6. The quantitative estimate of drug-likeness (QED) is 0.439. The van der Waals surface area contributed by atoms with E-state index >= 15 is 0 Å². The van der Waals surface area contributed by atoms with Gasteiger partial charge in [0.1, 0.15) is 12.3 Å². The third kappa shape index (κ3) is 6.37. The van der Waals surface area contributed by atoms with Crippen LogP contribution in [0.4, 0.5) is 0 Å². The number of para-hydroxylation sites is 1. The lowest BCUT2D eigenvalue weighted by atomic mass is 10.3. The van der Waals surface area contributed by atoms with E-state index in [-0.39, 0.29) is 0 Å². The molecule has 0 bridgehead atoms. The van der Waals surface area contributed by atoms with Crippen molar-refractivity contribution in [3.63, 3.8) is 0 Å². The van der Waals surface area contributed by atoms with Gasteiger partial charge < -0.3 is 19.9 Å². The van der Waals surface area contributed by atoms with Crippen LogP contribution in [0.1, 0.15) is 25.1 Å². The van der Waals surface area contributed by atoms with Crippen molar-refractivity contribution < 1.29 is 9.26 Å². The Morgan fingerprint density at radius 3 is 2.78 bits per heavy atom. The first kappa shape index (κ1) is 16.8. The lowest BCUT2D eigenvalue weighted by Gasteiger charge is -2.11. The summed E-state index contributed by atoms with van der Waals surface area (Å²) in [6.45, 7) is 6.37. The van der Waals surface area contributed by atoms with Crippen LogP contribution in [0.15, 0.2) is 39.8 Å². The number of hydrogen-bond donors (Lipinski definition) is 2. The minimum Gasteiger partial charge on any atom is -0.494 e. The van der Waals surface area contributed by atoms with Crippen molar-refractivity contribution >= 4 is 5.96 Å². The summed E-state index contributed by atoms with van der Waals surface area (Å²) < 4.78 is 10.6. The molecule has 23 heavy (non-hydrogen) atoms. The normalized spacial score (nSPS) is 11.3. The van der Waals surface area contributed by atoms with Crippen molar-refractivity contribution in [3.05, 3.63) is 42.0 Å². The van der Waals surface area contributed by atoms with Crippen LogP contribution in [0.2, 0.25) is 0 Å². The SMILES string of the molecule is CCNC(=NCc1noc(C)n1)NCCCOc1ccccc1. The Morgan fingerprint density at radius 1 is 1.26 bits per heavy atom. The van der Waals surface area contributed by atoms with Gasteiger partial charge in [-0.25, -0.2) is 4.99 Å². The molecule has 0 unspecified atom stereocenters. The van der Waals surface area contributed by atoms with E-state index in [0.717, 1.165) is 31.2 Å². The highest BCUT2D eigenvalue weighted by Gasteiger charge is 2.02. The Bertz CT molecular complexity index is 598. The number of nitrogens with zero attached hydrogens (tertiary/aromatic N) is 3. The third-order valence-corrected chi connectivity index (χ3v) is 2.92. The summed E-state index contributed by atoms with van der Waals surface area (Å²) in [5, 5.41) is 10.3. The second-order valence-corrected chi connectivity index (χ2v) is 4.87. The lowest BCUT2D eigenvalue weighted by molar-refractivity contribution is 0.311. The number of aliphatic imine (C=N–C) groups is 1. The minimum atomic E-state index is 0.382. The number of aromatic nitrogens is 2. The predicted molar refractivity (Wildman–Crippen MR) is 88.4 cm³/mol. The van der Waals surface area contributed by atoms with Crippen LogP contribution in [-0.2, 0) is 6.54 Å². The first-order chi connectivity index (χ1) is 11.3. The van der Waals surface area contributed by atoms with Crippen molar-refractivity contribution in [1.82, 2.24) is 20.8 Å². The van der Waals surface area contributed by atoms with Crippen LogP contribution in [0.3, 0.4) is 0 Å². The van der Waals surface area contributed by atoms with Gasteiger partial charge in [-0.15, -0.1) is 0 Å². The molecular weight excluding hydrogens is 294 g/mol. The summed E-state index contributed by atoms with van der Waals surface area (Å²) >= 11 is 0. The monoisotopic (exact) mass is 317 g/mol. The fourth-order valence-corrected chi connectivity index (χ4v) is 1.88. The molecule has 0 spiro atoms. The van der Waals surface area contributed by atoms with Gasteiger partial charge in [0, 0.05) is 20.0 Å². The molecule has 1 heterocycles. The second-order valence-electron chi connectivity index (χ2n) is 4.87. The summed E-state index contributed by atoms with van der Waals surface area (Å²) in [5.74, 6) is 2.74. The fourth-order valence-electron chi connectivity index (χ4n) is 1.88. The number of benzene rings is 1. The number of rotatable bonds is 8. The molecule has 2 rings (SSSR count). The number of ether oxygens (including phenoxy) is 1. The van der Waals surface area contributed by atoms with E-state index < -0.39 is 0 Å². The first-order valence-corrected chi connectivity index (χ1v) is 7.77. The first-order valence-electron chi connectivity index (χ1n) is 7.77. The Kier molecular flexibility index (Phi) is 6.90. The summed E-state index contributed by atoms with van der Waals surface area (Å²) in [6, 6.07) is 9.79. The summed E-state index contributed by atoms with van der Waals surface area (Å²) in [5.41, 5.74) is 0. The highest BCUT2D eigenvalue weighted by atomic mass is 16.5. The highest BCUT2D eigenvalue weighted by molar-refractivity contribution is 5.79. The van der Waals surface area contributed by atoms with Gasteiger partial charge in [-0.2, -0.15) is 4.98 Å². The molecule has 0 aliphatic heterocycles. The highest BCUT2D eigenvalue weighted by Crippen LogP contribution is 2.07. The topological polar surface area (TPSA) is 84.6 Å². The molecule has 124 valence electrons. The van der Waals surface area contributed by atoms with Crippen LogP contribution in [0, 0.1) is 6.92 Å². The van der Waals surface area contributed by atoms with Gasteiger partial charge in [0.05, 0.1) is 6.61 Å². The number of nitrogens with one attached hydrogen (secondary N) is 2. The van der Waals surface area contributed by atoms with Crippen molar-refractivity contribution in [3.8, 4) is 5.75 Å². The van der Waals surface area contributed by atoms with Crippen LogP contribution in [0.5, 0.6) is 5.75 Å². The van der Waals surface area contributed by atoms with Gasteiger partial charge in [-0.1, -0.05) is 23.4 Å². The van der Waals surface area contributed by atoms with E-state index in [1.54, 1.807) is 6.92 Å². The molecule has 0 saturated carbocycles. The maximum Gasteiger partial charge on any atom is 0.223 e. The van der Waals surface area contributed by atoms with Crippen molar-refractivity contribution in [2.75, 3.05) is 19.7 Å². The summed E-state index contributed by atoms with van der Waals surface area (Å²) in [4.78, 5) is 8.55. The van der Waals surface area contributed by atoms with E-state index in [9.17, 15) is 0 Å². The fraction of sp³-hybridized carbons (Fsp3) is 0.438. The molecule has 0 aliphatic rings. The third-order valence-electron chi connectivity index (χ3n) is 2.92. The van der Waals surface area contributed by atoms with E-state index in [4.69, 9.17) is 9.26 Å². The smallest absolute Gasteiger partial charge is 0.223 e. The van der Waals surface area contributed by atoms with Gasteiger partial charge in [0.25, 0.3) is 0 Å². The van der Waals surface area contributed by atoms with Crippen LogP contribution < -0.4 is 15.4 Å². The zero-order valence-corrected chi connectivity index (χ0v) is 13.6. The molecule has 1 aromatic carbocycles. The van der Waals surface area contributed by atoms with E-state index in [0.29, 0.717) is 24.9 Å². The van der Waals surface area contributed by atoms with Crippen molar-refractivity contribution in [1.29, 1.82) is 0 Å². The molecule has 0 amide bonds. The molecule has 2 N–H and O–H groups in total. The molecule has 0 saturated heterocycles. The van der Waals surface area contributed by atoms with E-state index in [1.807, 2.05) is 37.3 Å². The molecule has 1 aromatic heterocycles. The van der Waals surface area contributed by atoms with Gasteiger partial charge in [0.15, 0.2) is 11.8 Å². The Balaban J connectivity index is 1.69. The van der Waals surface area contributed by atoms with Crippen LogP contribution >= 0.6 is 0 Å². The number of aryl methyl sites for hydroxylation is 1. The molecule has 0 fully saturated rings.